The molecule has 0 heterocycles. The van der Waals surface area contributed by atoms with Crippen LogP contribution in [0.25, 0.3) is 0 Å². The lowest BCUT2D eigenvalue weighted by atomic mass is 9.96. The Kier molecular flexibility index (Phi) is 3.91. The van der Waals surface area contributed by atoms with Crippen LogP contribution in [-0.2, 0) is 0 Å². The molecule has 0 saturated heterocycles. The lowest BCUT2D eigenvalue weighted by Gasteiger charge is -2.25. The van der Waals surface area contributed by atoms with E-state index < -0.39 is 0 Å². The molecule has 1 aromatic rings. The quantitative estimate of drug-likeness (QED) is 0.860. The summed E-state index contributed by atoms with van der Waals surface area (Å²) >= 11 is 0. The molecular formula is C15H22FNO. The van der Waals surface area contributed by atoms with Crippen LogP contribution in [0.5, 0.6) is 5.75 Å². The van der Waals surface area contributed by atoms with Gasteiger partial charge < -0.3 is 10.4 Å². The van der Waals surface area contributed by atoms with E-state index in [0.717, 1.165) is 12.3 Å². The zero-order valence-corrected chi connectivity index (χ0v) is 11.3. The van der Waals surface area contributed by atoms with Gasteiger partial charge in [0.25, 0.3) is 0 Å². The highest BCUT2D eigenvalue weighted by Gasteiger charge is 2.30. The first-order valence-electron chi connectivity index (χ1n) is 6.73. The molecule has 1 aliphatic rings. The first-order valence-corrected chi connectivity index (χ1v) is 6.73. The third-order valence-electron chi connectivity index (χ3n) is 4.39. The minimum atomic E-state index is -0.302. The van der Waals surface area contributed by atoms with E-state index in [-0.39, 0.29) is 17.6 Å². The Balaban J connectivity index is 2.08. The number of benzene rings is 1. The summed E-state index contributed by atoms with van der Waals surface area (Å²) in [7, 11) is 0. The first kappa shape index (κ1) is 13.3. The maximum absolute atomic E-state index is 13.2. The van der Waals surface area contributed by atoms with Crippen LogP contribution >= 0.6 is 0 Å². The van der Waals surface area contributed by atoms with Crippen molar-refractivity contribution in [3.05, 3.63) is 29.6 Å². The van der Waals surface area contributed by atoms with Crippen LogP contribution in [-0.4, -0.2) is 11.1 Å². The smallest absolute Gasteiger partial charge is 0.123 e. The van der Waals surface area contributed by atoms with Crippen molar-refractivity contribution in [2.24, 2.45) is 11.8 Å². The highest BCUT2D eigenvalue weighted by Crippen LogP contribution is 2.33. The Morgan fingerprint density at radius 1 is 1.33 bits per heavy atom. The summed E-state index contributed by atoms with van der Waals surface area (Å²) in [4.78, 5) is 0. The summed E-state index contributed by atoms with van der Waals surface area (Å²) < 4.78 is 13.2. The van der Waals surface area contributed by atoms with Crippen molar-refractivity contribution in [2.75, 3.05) is 0 Å². The number of nitrogens with one attached hydrogen (secondary N) is 1. The molecule has 1 aromatic carbocycles. The van der Waals surface area contributed by atoms with E-state index in [9.17, 15) is 9.50 Å². The largest absolute Gasteiger partial charge is 0.508 e. The molecule has 3 heteroatoms. The van der Waals surface area contributed by atoms with Crippen molar-refractivity contribution >= 4 is 0 Å². The first-order chi connectivity index (χ1) is 8.49. The third-order valence-corrected chi connectivity index (χ3v) is 4.39. The van der Waals surface area contributed by atoms with Gasteiger partial charge in [0.2, 0.25) is 0 Å². The zero-order chi connectivity index (χ0) is 13.3. The molecule has 4 atom stereocenters. The Labute approximate surface area is 108 Å². The van der Waals surface area contributed by atoms with E-state index >= 15 is 0 Å². The van der Waals surface area contributed by atoms with Gasteiger partial charge in [-0.3, -0.25) is 0 Å². The molecule has 0 aliphatic heterocycles. The van der Waals surface area contributed by atoms with Crippen molar-refractivity contribution in [1.82, 2.24) is 5.32 Å². The molecule has 1 saturated carbocycles. The molecule has 100 valence electrons. The number of phenols is 1. The van der Waals surface area contributed by atoms with Gasteiger partial charge >= 0.3 is 0 Å². The molecular weight excluding hydrogens is 229 g/mol. The van der Waals surface area contributed by atoms with E-state index in [2.05, 4.69) is 19.2 Å². The predicted molar refractivity (Wildman–Crippen MR) is 71.0 cm³/mol. The predicted octanol–water partition coefficient (Wildman–Crippen LogP) is 3.62. The topological polar surface area (TPSA) is 32.3 Å². The molecule has 2 N–H and O–H groups in total. The summed E-state index contributed by atoms with van der Waals surface area (Å²) in [5.41, 5.74) is 0.641. The molecule has 18 heavy (non-hydrogen) atoms. The van der Waals surface area contributed by atoms with E-state index in [1.54, 1.807) is 0 Å². The second-order valence-corrected chi connectivity index (χ2v) is 5.61. The maximum atomic E-state index is 13.2. The van der Waals surface area contributed by atoms with Gasteiger partial charge in [-0.1, -0.05) is 13.8 Å². The lowest BCUT2D eigenvalue weighted by molar-refractivity contribution is 0.342. The number of hydrogen-bond acceptors (Lipinski definition) is 2. The van der Waals surface area contributed by atoms with E-state index in [4.69, 9.17) is 0 Å². The van der Waals surface area contributed by atoms with Crippen molar-refractivity contribution < 1.29 is 9.50 Å². The van der Waals surface area contributed by atoms with Crippen LogP contribution in [0.2, 0.25) is 0 Å². The number of phenolic OH excluding ortho intramolecular Hbond substituents is 1. The fraction of sp³-hybridized carbons (Fsp3) is 0.600. The van der Waals surface area contributed by atoms with Crippen molar-refractivity contribution in [3.63, 3.8) is 0 Å². The lowest BCUT2D eigenvalue weighted by Crippen LogP contribution is -2.34. The summed E-state index contributed by atoms with van der Waals surface area (Å²) in [6.07, 6.45) is 2.39. The highest BCUT2D eigenvalue weighted by atomic mass is 19.1. The molecule has 0 bridgehead atoms. The molecule has 0 spiro atoms. The number of hydrogen-bond donors (Lipinski definition) is 2. The van der Waals surface area contributed by atoms with Crippen LogP contribution < -0.4 is 5.32 Å². The molecule has 0 amide bonds. The summed E-state index contributed by atoms with van der Waals surface area (Å²) in [5, 5.41) is 13.3. The van der Waals surface area contributed by atoms with Crippen molar-refractivity contribution in [3.8, 4) is 5.75 Å². The van der Waals surface area contributed by atoms with Gasteiger partial charge in [-0.05, 0) is 49.8 Å². The number of halogens is 1. The minimum absolute atomic E-state index is 0.0292. The standard InChI is InChI=1S/C15H22FNO/c1-9-4-6-14(10(9)2)17-11(3)13-8-12(16)5-7-15(13)18/h5,7-11,14,17-18H,4,6H2,1-3H3. The average molecular weight is 251 g/mol. The molecule has 4 unspecified atom stereocenters. The Hall–Kier alpha value is -1.09. The van der Waals surface area contributed by atoms with Crippen molar-refractivity contribution in [2.45, 2.75) is 45.7 Å². The Bertz CT molecular complexity index is 421. The molecule has 2 rings (SSSR count). The third kappa shape index (κ3) is 2.66. The fourth-order valence-electron chi connectivity index (χ4n) is 2.88. The van der Waals surface area contributed by atoms with Crippen LogP contribution in [0.4, 0.5) is 4.39 Å². The highest BCUT2D eigenvalue weighted by molar-refractivity contribution is 5.35. The average Bonchev–Trinajstić information content (AvgIpc) is 2.64. The van der Waals surface area contributed by atoms with Gasteiger partial charge in [0.15, 0.2) is 0 Å². The second-order valence-electron chi connectivity index (χ2n) is 5.61. The van der Waals surface area contributed by atoms with Crippen LogP contribution in [0, 0.1) is 17.7 Å². The van der Waals surface area contributed by atoms with Crippen LogP contribution in [0.15, 0.2) is 18.2 Å². The fourth-order valence-corrected chi connectivity index (χ4v) is 2.88. The molecule has 0 aromatic heterocycles. The van der Waals surface area contributed by atoms with Gasteiger partial charge in [-0.25, -0.2) is 4.39 Å². The van der Waals surface area contributed by atoms with Gasteiger partial charge in [0.05, 0.1) is 0 Å². The molecule has 0 radical (unpaired) electrons. The minimum Gasteiger partial charge on any atom is -0.508 e. The van der Waals surface area contributed by atoms with E-state index in [0.29, 0.717) is 17.5 Å². The normalized spacial score (nSPS) is 29.4. The monoisotopic (exact) mass is 251 g/mol. The zero-order valence-electron chi connectivity index (χ0n) is 11.3. The summed E-state index contributed by atoms with van der Waals surface area (Å²) in [6, 6.07) is 4.54. The van der Waals surface area contributed by atoms with Gasteiger partial charge in [-0.15, -0.1) is 0 Å². The maximum Gasteiger partial charge on any atom is 0.123 e. The van der Waals surface area contributed by atoms with E-state index in [1.165, 1.54) is 24.6 Å². The van der Waals surface area contributed by atoms with Crippen molar-refractivity contribution in [1.29, 1.82) is 0 Å². The van der Waals surface area contributed by atoms with E-state index in [1.807, 2.05) is 6.92 Å². The Morgan fingerprint density at radius 3 is 2.67 bits per heavy atom. The van der Waals surface area contributed by atoms with Gasteiger partial charge in [0.1, 0.15) is 11.6 Å². The van der Waals surface area contributed by atoms with Gasteiger partial charge in [0, 0.05) is 17.6 Å². The van der Waals surface area contributed by atoms with Crippen LogP contribution in [0.1, 0.15) is 45.2 Å². The number of aromatic hydroxyl groups is 1. The summed E-state index contributed by atoms with van der Waals surface area (Å²) in [5.74, 6) is 1.22. The second kappa shape index (κ2) is 5.27. The molecule has 1 fully saturated rings. The molecule has 2 nitrogen and oxygen atoms in total. The van der Waals surface area contributed by atoms with Crippen LogP contribution in [0.3, 0.4) is 0 Å². The number of rotatable bonds is 3. The Morgan fingerprint density at radius 2 is 2.06 bits per heavy atom. The summed E-state index contributed by atoms with van der Waals surface area (Å²) in [6.45, 7) is 6.51. The molecule has 1 aliphatic carbocycles. The van der Waals surface area contributed by atoms with Gasteiger partial charge in [-0.2, -0.15) is 0 Å². The SMILES string of the molecule is CC(NC1CCC(C)C1C)c1cc(F)ccc1O.